The molecule has 0 aliphatic heterocycles. The molecule has 1 rings (SSSR count). The van der Waals surface area contributed by atoms with Crippen LogP contribution in [0.25, 0.3) is 0 Å². The summed E-state index contributed by atoms with van der Waals surface area (Å²) in [6.07, 6.45) is -2.91. The van der Waals surface area contributed by atoms with Crippen molar-refractivity contribution in [3.05, 3.63) is 32.6 Å². The summed E-state index contributed by atoms with van der Waals surface area (Å²) >= 11 is 5.49. The third-order valence-corrected chi connectivity index (χ3v) is 2.01. The summed E-state index contributed by atoms with van der Waals surface area (Å²) in [4.78, 5) is 13.0. The van der Waals surface area contributed by atoms with Gasteiger partial charge in [-0.15, -0.1) is 0 Å². The second-order valence-corrected chi connectivity index (χ2v) is 2.96. The number of rotatable bonds is 3. The quantitative estimate of drug-likeness (QED) is 0.495. The smallest absolute Gasteiger partial charge is 0.280 e. The van der Waals surface area contributed by atoms with Gasteiger partial charge in [-0.05, 0) is 0 Å². The Morgan fingerprint density at radius 1 is 1.67 bits per heavy atom. The lowest BCUT2D eigenvalue weighted by Crippen LogP contribution is -2.06. The largest absolute Gasteiger partial charge is 0.326 e. The van der Waals surface area contributed by atoms with E-state index in [1.807, 2.05) is 0 Å². The molecule has 0 saturated heterocycles. The van der Waals surface area contributed by atoms with Crippen molar-refractivity contribution in [3.8, 4) is 0 Å². The van der Waals surface area contributed by atoms with Gasteiger partial charge in [0.2, 0.25) is 0 Å². The molecule has 5 nitrogen and oxygen atoms in total. The Hall–Kier alpha value is -1.34. The van der Waals surface area contributed by atoms with Crippen LogP contribution in [0.5, 0.6) is 0 Å². The van der Waals surface area contributed by atoms with E-state index in [2.05, 4.69) is 4.98 Å². The number of pyridine rings is 1. The standard InChI is InChI=1S/C7H6ClF2N3O2/c8-6-3(2-11)5(13(14)15)1-4(12-6)7(9)10/h1,7H,2,11H2. The number of alkyl halides is 2. The van der Waals surface area contributed by atoms with E-state index in [1.54, 1.807) is 0 Å². The molecule has 8 heteroatoms. The molecule has 1 aromatic rings. The Bertz CT molecular complexity index is 400. The van der Waals surface area contributed by atoms with Gasteiger partial charge in [-0.1, -0.05) is 11.6 Å². The van der Waals surface area contributed by atoms with Crippen molar-refractivity contribution in [1.29, 1.82) is 0 Å². The van der Waals surface area contributed by atoms with Gasteiger partial charge in [0.15, 0.2) is 0 Å². The second kappa shape index (κ2) is 4.45. The second-order valence-electron chi connectivity index (χ2n) is 2.60. The first kappa shape index (κ1) is 11.7. The van der Waals surface area contributed by atoms with E-state index in [1.165, 1.54) is 0 Å². The zero-order valence-electron chi connectivity index (χ0n) is 7.28. The molecular weight excluding hydrogens is 232 g/mol. The minimum Gasteiger partial charge on any atom is -0.326 e. The number of nitrogens with two attached hydrogens (primary N) is 1. The Balaban J connectivity index is 3.38. The number of hydrogen-bond acceptors (Lipinski definition) is 4. The summed E-state index contributed by atoms with van der Waals surface area (Å²) in [7, 11) is 0. The molecule has 15 heavy (non-hydrogen) atoms. The van der Waals surface area contributed by atoms with Gasteiger partial charge < -0.3 is 5.73 Å². The third-order valence-electron chi connectivity index (χ3n) is 1.69. The minimum absolute atomic E-state index is 0.0499. The highest BCUT2D eigenvalue weighted by Crippen LogP contribution is 2.29. The zero-order chi connectivity index (χ0) is 11.6. The molecule has 82 valence electrons. The SMILES string of the molecule is NCc1c([N+](=O)[O-])cc(C(F)F)nc1Cl. The van der Waals surface area contributed by atoms with Crippen LogP contribution in [0.15, 0.2) is 6.07 Å². The molecule has 0 spiro atoms. The summed E-state index contributed by atoms with van der Waals surface area (Å²) in [6.45, 7) is -0.230. The summed E-state index contributed by atoms with van der Waals surface area (Å²) in [5.41, 5.74) is 3.88. The lowest BCUT2D eigenvalue weighted by atomic mass is 10.2. The van der Waals surface area contributed by atoms with Crippen LogP contribution >= 0.6 is 11.6 Å². The highest BCUT2D eigenvalue weighted by atomic mass is 35.5. The van der Waals surface area contributed by atoms with Crippen LogP contribution in [0.2, 0.25) is 5.15 Å². The highest BCUT2D eigenvalue weighted by Gasteiger charge is 2.22. The average Bonchev–Trinajstić information content (AvgIpc) is 2.16. The van der Waals surface area contributed by atoms with E-state index in [0.29, 0.717) is 6.07 Å². The fourth-order valence-corrected chi connectivity index (χ4v) is 1.28. The molecule has 2 N–H and O–H groups in total. The summed E-state index contributed by atoms with van der Waals surface area (Å²) in [6, 6.07) is 0.679. The third kappa shape index (κ3) is 2.37. The predicted molar refractivity (Wildman–Crippen MR) is 48.7 cm³/mol. The minimum atomic E-state index is -2.91. The average molecular weight is 238 g/mol. The van der Waals surface area contributed by atoms with Crippen LogP contribution in [-0.4, -0.2) is 9.91 Å². The van der Waals surface area contributed by atoms with Crippen LogP contribution in [0.4, 0.5) is 14.5 Å². The fraction of sp³-hybridized carbons (Fsp3) is 0.286. The van der Waals surface area contributed by atoms with Gasteiger partial charge in [0.05, 0.1) is 10.5 Å². The molecule has 0 atom stereocenters. The van der Waals surface area contributed by atoms with Crippen LogP contribution < -0.4 is 5.73 Å². The van der Waals surface area contributed by atoms with Crippen LogP contribution in [0.1, 0.15) is 17.7 Å². The summed E-state index contributed by atoms with van der Waals surface area (Å²) in [5, 5.41) is 10.2. The number of aromatic nitrogens is 1. The van der Waals surface area contributed by atoms with Crippen LogP contribution in [0.3, 0.4) is 0 Å². The molecule has 0 bridgehead atoms. The predicted octanol–water partition coefficient (Wildman–Crippen LogP) is 2.04. The summed E-state index contributed by atoms with van der Waals surface area (Å²) < 4.78 is 24.5. The van der Waals surface area contributed by atoms with Crippen molar-refractivity contribution < 1.29 is 13.7 Å². The van der Waals surface area contributed by atoms with Crippen LogP contribution in [0, 0.1) is 10.1 Å². The monoisotopic (exact) mass is 237 g/mol. The van der Waals surface area contributed by atoms with Gasteiger partial charge in [0.1, 0.15) is 10.8 Å². The maximum atomic E-state index is 12.3. The molecule has 0 aliphatic carbocycles. The molecule has 0 amide bonds. The molecule has 0 aliphatic rings. The highest BCUT2D eigenvalue weighted by molar-refractivity contribution is 6.30. The van der Waals surface area contributed by atoms with Crippen molar-refractivity contribution in [2.75, 3.05) is 0 Å². The van der Waals surface area contributed by atoms with E-state index in [0.717, 1.165) is 0 Å². The van der Waals surface area contributed by atoms with Crippen molar-refractivity contribution >= 4 is 17.3 Å². The number of nitrogens with zero attached hydrogens (tertiary/aromatic N) is 2. The van der Waals surface area contributed by atoms with Gasteiger partial charge in [-0.25, -0.2) is 13.8 Å². The topological polar surface area (TPSA) is 82.0 Å². The Kier molecular flexibility index (Phi) is 3.48. The molecule has 0 aromatic carbocycles. The maximum Gasteiger partial charge on any atom is 0.280 e. The first-order valence-electron chi connectivity index (χ1n) is 3.79. The number of hydrogen-bond donors (Lipinski definition) is 1. The number of nitro groups is 1. The molecule has 0 radical (unpaired) electrons. The lowest BCUT2D eigenvalue weighted by Gasteiger charge is -2.05. The molecular formula is C7H6ClF2N3O2. The Morgan fingerprint density at radius 2 is 2.27 bits per heavy atom. The van der Waals surface area contributed by atoms with Gasteiger partial charge >= 0.3 is 0 Å². The van der Waals surface area contributed by atoms with E-state index < -0.39 is 22.7 Å². The zero-order valence-corrected chi connectivity index (χ0v) is 8.04. The van der Waals surface area contributed by atoms with Crippen molar-refractivity contribution in [2.45, 2.75) is 13.0 Å². The van der Waals surface area contributed by atoms with E-state index in [9.17, 15) is 18.9 Å². The Labute approximate surface area is 88.0 Å². The molecule has 1 heterocycles. The van der Waals surface area contributed by atoms with Crippen molar-refractivity contribution in [2.24, 2.45) is 5.73 Å². The maximum absolute atomic E-state index is 12.3. The summed E-state index contributed by atoms with van der Waals surface area (Å²) in [5.74, 6) is 0. The van der Waals surface area contributed by atoms with Crippen molar-refractivity contribution in [3.63, 3.8) is 0 Å². The molecule has 0 saturated carbocycles. The fourth-order valence-electron chi connectivity index (χ4n) is 1.01. The first-order valence-corrected chi connectivity index (χ1v) is 4.17. The molecule has 1 aromatic heterocycles. The first-order chi connectivity index (χ1) is 6.97. The number of halogens is 3. The lowest BCUT2D eigenvalue weighted by molar-refractivity contribution is -0.385. The normalized spacial score (nSPS) is 10.7. The Morgan fingerprint density at radius 3 is 2.67 bits per heavy atom. The van der Waals surface area contributed by atoms with E-state index in [4.69, 9.17) is 17.3 Å². The van der Waals surface area contributed by atoms with Gasteiger partial charge in [0, 0.05) is 12.6 Å². The van der Waals surface area contributed by atoms with Gasteiger partial charge in [0.25, 0.3) is 12.1 Å². The van der Waals surface area contributed by atoms with Crippen molar-refractivity contribution in [1.82, 2.24) is 4.98 Å². The van der Waals surface area contributed by atoms with E-state index in [-0.39, 0.29) is 17.3 Å². The van der Waals surface area contributed by atoms with Gasteiger partial charge in [-0.3, -0.25) is 10.1 Å². The van der Waals surface area contributed by atoms with E-state index >= 15 is 0 Å². The van der Waals surface area contributed by atoms with Crippen LogP contribution in [-0.2, 0) is 6.54 Å². The van der Waals surface area contributed by atoms with Gasteiger partial charge in [-0.2, -0.15) is 0 Å². The molecule has 0 unspecified atom stereocenters. The molecule has 0 fully saturated rings.